The van der Waals surface area contributed by atoms with Gasteiger partial charge in [0.15, 0.2) is 0 Å². The minimum atomic E-state index is -0.465. The number of hydrogen-bond acceptors (Lipinski definition) is 3. The van der Waals surface area contributed by atoms with Crippen LogP contribution in [-0.2, 0) is 0 Å². The van der Waals surface area contributed by atoms with Gasteiger partial charge in [0, 0.05) is 31.7 Å². The summed E-state index contributed by atoms with van der Waals surface area (Å²) < 4.78 is 0. The van der Waals surface area contributed by atoms with Gasteiger partial charge in [0.1, 0.15) is 5.54 Å². The molecule has 0 radical (unpaired) electrons. The molecule has 1 aliphatic rings. The molecule has 112 valence electrons. The summed E-state index contributed by atoms with van der Waals surface area (Å²) in [6, 6.07) is 8.27. The quantitative estimate of drug-likeness (QED) is 0.838. The predicted molar refractivity (Wildman–Crippen MR) is 83.1 cm³/mol. The van der Waals surface area contributed by atoms with E-state index in [1.165, 1.54) is 0 Å². The van der Waals surface area contributed by atoms with Gasteiger partial charge in [-0.1, -0.05) is 18.2 Å². The maximum atomic E-state index is 12.7. The molecular weight excluding hydrogens is 262 g/mol. The molecule has 0 unspecified atom stereocenters. The summed E-state index contributed by atoms with van der Waals surface area (Å²) in [5, 5.41) is 9.20. The van der Waals surface area contributed by atoms with Crippen molar-refractivity contribution in [3.05, 3.63) is 34.9 Å². The number of amides is 1. The van der Waals surface area contributed by atoms with Gasteiger partial charge in [0.05, 0.1) is 6.07 Å². The summed E-state index contributed by atoms with van der Waals surface area (Å²) in [6.45, 7) is 10.7. The van der Waals surface area contributed by atoms with E-state index in [0.29, 0.717) is 13.1 Å². The molecule has 0 aliphatic carbocycles. The lowest BCUT2D eigenvalue weighted by Gasteiger charge is -2.40. The molecular formula is C17H23N3O. The van der Waals surface area contributed by atoms with Gasteiger partial charge in [-0.3, -0.25) is 9.69 Å². The van der Waals surface area contributed by atoms with Gasteiger partial charge in [0.2, 0.25) is 0 Å². The Labute approximate surface area is 127 Å². The molecule has 0 aromatic heterocycles. The second kappa shape index (κ2) is 5.87. The smallest absolute Gasteiger partial charge is 0.254 e. The first-order valence-electron chi connectivity index (χ1n) is 7.38. The third-order valence-corrected chi connectivity index (χ3v) is 4.33. The number of nitrogens with zero attached hydrogens (tertiary/aromatic N) is 3. The molecule has 1 amide bonds. The Morgan fingerprint density at radius 1 is 1.14 bits per heavy atom. The number of piperazine rings is 1. The summed E-state index contributed by atoms with van der Waals surface area (Å²) in [6.07, 6.45) is 0. The highest BCUT2D eigenvalue weighted by Gasteiger charge is 2.31. The van der Waals surface area contributed by atoms with Crippen molar-refractivity contribution in [2.24, 2.45) is 0 Å². The van der Waals surface area contributed by atoms with Crippen LogP contribution >= 0.6 is 0 Å². The monoisotopic (exact) mass is 285 g/mol. The van der Waals surface area contributed by atoms with Crippen LogP contribution in [0.3, 0.4) is 0 Å². The third-order valence-electron chi connectivity index (χ3n) is 4.33. The fourth-order valence-electron chi connectivity index (χ4n) is 2.85. The van der Waals surface area contributed by atoms with E-state index in [-0.39, 0.29) is 5.91 Å². The predicted octanol–water partition coefficient (Wildman–Crippen LogP) is 2.36. The highest BCUT2D eigenvalue weighted by Crippen LogP contribution is 2.20. The number of rotatable bonds is 2. The van der Waals surface area contributed by atoms with E-state index >= 15 is 0 Å². The lowest BCUT2D eigenvalue weighted by Crippen LogP contribution is -2.55. The van der Waals surface area contributed by atoms with Crippen LogP contribution in [0.5, 0.6) is 0 Å². The van der Waals surface area contributed by atoms with E-state index in [1.54, 1.807) is 0 Å². The molecule has 1 heterocycles. The van der Waals surface area contributed by atoms with E-state index in [9.17, 15) is 10.1 Å². The molecule has 4 heteroatoms. The molecule has 0 atom stereocenters. The van der Waals surface area contributed by atoms with Crippen molar-refractivity contribution in [1.29, 1.82) is 5.26 Å². The average molecular weight is 285 g/mol. The van der Waals surface area contributed by atoms with Crippen LogP contribution in [0.25, 0.3) is 0 Å². The van der Waals surface area contributed by atoms with E-state index in [2.05, 4.69) is 11.0 Å². The van der Waals surface area contributed by atoms with E-state index in [1.807, 2.05) is 50.8 Å². The van der Waals surface area contributed by atoms with Gasteiger partial charge in [-0.05, 0) is 38.8 Å². The number of benzene rings is 1. The standard InChI is InChI=1S/C17H23N3O/c1-13-6-5-7-14(2)15(13)16(21)19-8-10-20(11-9-19)17(3,4)12-18/h5-7H,8-11H2,1-4H3. The molecule has 21 heavy (non-hydrogen) atoms. The molecule has 0 spiro atoms. The zero-order chi connectivity index (χ0) is 15.6. The Hall–Kier alpha value is -1.86. The summed E-state index contributed by atoms with van der Waals surface area (Å²) >= 11 is 0. The highest BCUT2D eigenvalue weighted by atomic mass is 16.2. The van der Waals surface area contributed by atoms with E-state index in [4.69, 9.17) is 0 Å². The summed E-state index contributed by atoms with van der Waals surface area (Å²) in [7, 11) is 0. The number of carbonyl (C=O) groups excluding carboxylic acids is 1. The van der Waals surface area contributed by atoms with Gasteiger partial charge in [-0.25, -0.2) is 0 Å². The van der Waals surface area contributed by atoms with Crippen LogP contribution in [0, 0.1) is 25.2 Å². The first kappa shape index (κ1) is 15.5. The minimum absolute atomic E-state index is 0.111. The zero-order valence-electron chi connectivity index (χ0n) is 13.3. The van der Waals surface area contributed by atoms with Gasteiger partial charge >= 0.3 is 0 Å². The van der Waals surface area contributed by atoms with Gasteiger partial charge in [0.25, 0.3) is 5.91 Å². The minimum Gasteiger partial charge on any atom is -0.336 e. The van der Waals surface area contributed by atoms with Gasteiger partial charge in [-0.2, -0.15) is 5.26 Å². The van der Waals surface area contributed by atoms with Crippen molar-refractivity contribution >= 4 is 5.91 Å². The molecule has 1 aromatic rings. The topological polar surface area (TPSA) is 47.3 Å². The van der Waals surface area contributed by atoms with E-state index in [0.717, 1.165) is 29.8 Å². The average Bonchev–Trinajstić information content (AvgIpc) is 2.47. The van der Waals surface area contributed by atoms with E-state index < -0.39 is 5.54 Å². The Kier molecular flexibility index (Phi) is 4.34. The van der Waals surface area contributed by atoms with Crippen molar-refractivity contribution in [3.63, 3.8) is 0 Å². The summed E-state index contributed by atoms with van der Waals surface area (Å²) in [5.41, 5.74) is 2.42. The SMILES string of the molecule is Cc1cccc(C)c1C(=O)N1CCN(C(C)(C)C#N)CC1. The van der Waals surface area contributed by atoms with Crippen molar-refractivity contribution in [2.45, 2.75) is 33.2 Å². The Morgan fingerprint density at radius 2 is 1.67 bits per heavy atom. The lowest BCUT2D eigenvalue weighted by molar-refractivity contribution is 0.0519. The highest BCUT2D eigenvalue weighted by molar-refractivity contribution is 5.97. The molecule has 1 saturated heterocycles. The Morgan fingerprint density at radius 3 is 2.14 bits per heavy atom. The fraction of sp³-hybridized carbons (Fsp3) is 0.529. The molecule has 0 saturated carbocycles. The number of aryl methyl sites for hydroxylation is 2. The maximum absolute atomic E-state index is 12.7. The van der Waals surface area contributed by atoms with Crippen molar-refractivity contribution < 1.29 is 4.79 Å². The normalized spacial score (nSPS) is 16.6. The maximum Gasteiger partial charge on any atom is 0.254 e. The Bertz CT molecular complexity index is 558. The van der Waals surface area contributed by atoms with Crippen LogP contribution in [0.15, 0.2) is 18.2 Å². The Balaban J connectivity index is 2.10. The molecule has 1 aliphatic heterocycles. The van der Waals surface area contributed by atoms with Gasteiger partial charge < -0.3 is 4.90 Å². The number of nitriles is 1. The van der Waals surface area contributed by atoms with Crippen LogP contribution in [0.2, 0.25) is 0 Å². The third kappa shape index (κ3) is 3.08. The molecule has 1 aromatic carbocycles. The molecule has 1 fully saturated rings. The van der Waals surface area contributed by atoms with Crippen molar-refractivity contribution in [2.75, 3.05) is 26.2 Å². The van der Waals surface area contributed by atoms with Crippen LogP contribution < -0.4 is 0 Å². The van der Waals surface area contributed by atoms with Crippen molar-refractivity contribution in [1.82, 2.24) is 9.80 Å². The molecule has 4 nitrogen and oxygen atoms in total. The molecule has 0 bridgehead atoms. The largest absolute Gasteiger partial charge is 0.336 e. The van der Waals surface area contributed by atoms with Crippen LogP contribution in [0.4, 0.5) is 0 Å². The number of carbonyl (C=O) groups is 1. The second-order valence-electron chi connectivity index (χ2n) is 6.22. The summed E-state index contributed by atoms with van der Waals surface area (Å²) in [5.74, 6) is 0.111. The first-order valence-corrected chi connectivity index (χ1v) is 7.38. The molecule has 2 rings (SSSR count). The summed E-state index contributed by atoms with van der Waals surface area (Å²) in [4.78, 5) is 16.8. The lowest BCUT2D eigenvalue weighted by atomic mass is 10.0. The fourth-order valence-corrected chi connectivity index (χ4v) is 2.85. The second-order valence-corrected chi connectivity index (χ2v) is 6.22. The molecule has 0 N–H and O–H groups in total. The first-order chi connectivity index (χ1) is 9.86. The van der Waals surface area contributed by atoms with Crippen molar-refractivity contribution in [3.8, 4) is 6.07 Å². The van der Waals surface area contributed by atoms with Crippen LogP contribution in [0.1, 0.15) is 35.3 Å². The number of hydrogen-bond donors (Lipinski definition) is 0. The van der Waals surface area contributed by atoms with Gasteiger partial charge in [-0.15, -0.1) is 0 Å². The zero-order valence-corrected chi connectivity index (χ0v) is 13.3. The van der Waals surface area contributed by atoms with Crippen LogP contribution in [-0.4, -0.2) is 47.4 Å².